The molecule has 176 valence electrons. The molecule has 4 rings (SSSR count). The Bertz CT molecular complexity index is 1140. The van der Waals surface area contributed by atoms with Crippen molar-refractivity contribution in [3.63, 3.8) is 0 Å². The van der Waals surface area contributed by atoms with Crippen molar-refractivity contribution in [3.05, 3.63) is 93.5 Å². The average molecular weight is 536 g/mol. The molecule has 9 heteroatoms. The molecule has 5 nitrogen and oxygen atoms in total. The highest BCUT2D eigenvalue weighted by Crippen LogP contribution is 2.27. The Morgan fingerprint density at radius 2 is 1.50 bits per heavy atom. The van der Waals surface area contributed by atoms with Crippen LogP contribution in [0.5, 0.6) is 11.5 Å². The van der Waals surface area contributed by atoms with Gasteiger partial charge in [0.15, 0.2) is 5.17 Å². The number of nitrogens with one attached hydrogen (secondary N) is 1. The summed E-state index contributed by atoms with van der Waals surface area (Å²) in [5.41, 5.74) is 2.05. The van der Waals surface area contributed by atoms with E-state index in [4.69, 9.17) is 44.3 Å². The number of carbonyl (C=O) groups is 1. The van der Waals surface area contributed by atoms with E-state index in [-0.39, 0.29) is 25.2 Å². The van der Waals surface area contributed by atoms with Crippen LogP contribution in [0.2, 0.25) is 10.0 Å². The molecule has 1 aliphatic rings. The zero-order valence-corrected chi connectivity index (χ0v) is 21.1. The number of hydrogen-bond acceptors (Lipinski definition) is 5. The Balaban J connectivity index is 1.54. The van der Waals surface area contributed by atoms with Crippen molar-refractivity contribution < 1.29 is 14.3 Å². The van der Waals surface area contributed by atoms with Gasteiger partial charge in [-0.1, -0.05) is 71.4 Å². The van der Waals surface area contributed by atoms with Gasteiger partial charge in [-0.25, -0.2) is 0 Å². The molecule has 0 fully saturated rings. The molecule has 1 aliphatic heterocycles. The van der Waals surface area contributed by atoms with Gasteiger partial charge in [-0.2, -0.15) is 0 Å². The molecule has 1 atom stereocenters. The number of amides is 1. The summed E-state index contributed by atoms with van der Waals surface area (Å²) in [6.07, 6.45) is 0. The van der Waals surface area contributed by atoms with Gasteiger partial charge in [0.25, 0.3) is 5.91 Å². The minimum Gasteiger partial charge on any atom is -0.489 e. The molecule has 34 heavy (non-hydrogen) atoms. The fraction of sp³-hybridized carbons (Fsp3) is 0.200. The summed E-state index contributed by atoms with van der Waals surface area (Å²) >= 11 is 19.8. The van der Waals surface area contributed by atoms with Crippen LogP contribution in [0, 0.1) is 0 Å². The first kappa shape index (κ1) is 24.7. The van der Waals surface area contributed by atoms with Crippen LogP contribution in [0.25, 0.3) is 0 Å². The number of amidine groups is 1. The van der Waals surface area contributed by atoms with Crippen molar-refractivity contribution in [2.45, 2.75) is 19.3 Å². The first-order valence-electron chi connectivity index (χ1n) is 10.5. The van der Waals surface area contributed by atoms with E-state index in [9.17, 15) is 4.79 Å². The summed E-state index contributed by atoms with van der Waals surface area (Å²) in [5.74, 6) is 1.79. The molecule has 0 saturated heterocycles. The summed E-state index contributed by atoms with van der Waals surface area (Å²) in [6, 6.07) is 19.9. The molecular formula is C25H21Cl3N2O3S. The third kappa shape index (κ3) is 6.60. The van der Waals surface area contributed by atoms with E-state index in [0.29, 0.717) is 38.2 Å². The van der Waals surface area contributed by atoms with Gasteiger partial charge in [0.1, 0.15) is 24.7 Å². The first-order chi connectivity index (χ1) is 16.5. The lowest BCUT2D eigenvalue weighted by Crippen LogP contribution is -2.27. The van der Waals surface area contributed by atoms with E-state index < -0.39 is 0 Å². The molecule has 1 amide bonds. The van der Waals surface area contributed by atoms with Crippen molar-refractivity contribution in [2.75, 3.05) is 11.6 Å². The van der Waals surface area contributed by atoms with Crippen LogP contribution in [0.3, 0.4) is 0 Å². The third-order valence-electron chi connectivity index (χ3n) is 4.96. The highest BCUT2D eigenvalue weighted by Gasteiger charge is 2.20. The summed E-state index contributed by atoms with van der Waals surface area (Å²) < 4.78 is 11.9. The highest BCUT2D eigenvalue weighted by atomic mass is 35.5. The third-order valence-corrected chi connectivity index (χ3v) is 7.08. The number of halogens is 3. The maximum atomic E-state index is 13.0. The van der Waals surface area contributed by atoms with Gasteiger partial charge in [0, 0.05) is 44.4 Å². The smallest absolute Gasteiger partial charge is 0.257 e. The van der Waals surface area contributed by atoms with Gasteiger partial charge < -0.3 is 14.8 Å². The second-order valence-electron chi connectivity index (χ2n) is 7.46. The van der Waals surface area contributed by atoms with E-state index in [1.54, 1.807) is 30.3 Å². The molecule has 0 saturated carbocycles. The van der Waals surface area contributed by atoms with Crippen molar-refractivity contribution in [1.29, 1.82) is 0 Å². The van der Waals surface area contributed by atoms with Crippen LogP contribution in [0.15, 0.2) is 71.7 Å². The predicted molar refractivity (Wildman–Crippen MR) is 140 cm³/mol. The molecule has 3 aromatic rings. The maximum absolute atomic E-state index is 13.0. The van der Waals surface area contributed by atoms with Crippen molar-refractivity contribution in [2.24, 2.45) is 4.99 Å². The van der Waals surface area contributed by atoms with E-state index >= 15 is 0 Å². The van der Waals surface area contributed by atoms with Crippen LogP contribution >= 0.6 is 46.6 Å². The standard InChI is InChI=1S/C25H21Cl3N2O3S/c26-12-19-15-34-25(29-19)30-24(31)18-9-20(32-13-16-5-1-3-7-22(16)27)11-21(10-18)33-14-17-6-2-4-8-23(17)28/h1-11,19H,12-15H2,(H,29,30,31). The van der Waals surface area contributed by atoms with E-state index in [1.165, 1.54) is 11.8 Å². The summed E-state index contributed by atoms with van der Waals surface area (Å²) in [4.78, 5) is 17.4. The van der Waals surface area contributed by atoms with Gasteiger partial charge in [-0.3, -0.25) is 9.79 Å². The zero-order chi connectivity index (χ0) is 23.9. The molecule has 3 aromatic carbocycles. The Morgan fingerprint density at radius 1 is 0.941 bits per heavy atom. The summed E-state index contributed by atoms with van der Waals surface area (Å²) in [7, 11) is 0. The fourth-order valence-electron chi connectivity index (χ4n) is 3.15. The lowest BCUT2D eigenvalue weighted by molar-refractivity contribution is 0.0977. The van der Waals surface area contributed by atoms with Crippen LogP contribution in [0.1, 0.15) is 21.5 Å². The maximum Gasteiger partial charge on any atom is 0.257 e. The largest absolute Gasteiger partial charge is 0.489 e. The number of alkyl halides is 1. The fourth-order valence-corrected chi connectivity index (χ4v) is 4.77. The minimum absolute atomic E-state index is 0.00164. The van der Waals surface area contributed by atoms with E-state index in [2.05, 4.69) is 10.3 Å². The number of nitrogens with zero attached hydrogens (tertiary/aromatic N) is 1. The van der Waals surface area contributed by atoms with Crippen LogP contribution in [0.4, 0.5) is 0 Å². The lowest BCUT2D eigenvalue weighted by atomic mass is 10.2. The number of hydrogen-bond donors (Lipinski definition) is 1. The van der Waals surface area contributed by atoms with E-state index in [1.807, 2.05) is 36.4 Å². The first-order valence-corrected chi connectivity index (χ1v) is 12.7. The second kappa shape index (κ2) is 11.8. The normalized spacial score (nSPS) is 15.0. The molecule has 0 radical (unpaired) electrons. The number of rotatable bonds is 8. The lowest BCUT2D eigenvalue weighted by Gasteiger charge is -2.13. The van der Waals surface area contributed by atoms with Gasteiger partial charge in [0.2, 0.25) is 0 Å². The SMILES string of the molecule is O=C(NC1=NC(CCl)CS1)c1cc(OCc2ccccc2Cl)cc(OCc2ccccc2Cl)c1. The van der Waals surface area contributed by atoms with Crippen molar-refractivity contribution >= 4 is 57.6 Å². The van der Waals surface area contributed by atoms with Crippen LogP contribution < -0.4 is 14.8 Å². The molecular weight excluding hydrogens is 515 g/mol. The predicted octanol–water partition coefficient (Wildman–Crippen LogP) is 6.59. The van der Waals surface area contributed by atoms with E-state index in [0.717, 1.165) is 16.9 Å². The molecule has 1 heterocycles. The molecule has 0 aliphatic carbocycles. The number of ether oxygens (including phenoxy) is 2. The number of thioether (sulfide) groups is 1. The van der Waals surface area contributed by atoms with Gasteiger partial charge >= 0.3 is 0 Å². The van der Waals surface area contributed by atoms with Gasteiger partial charge in [0.05, 0.1) is 6.04 Å². The molecule has 0 bridgehead atoms. The topological polar surface area (TPSA) is 59.9 Å². The highest BCUT2D eigenvalue weighted by molar-refractivity contribution is 8.14. The Labute approximate surface area is 217 Å². The number of aliphatic imine (C=N–C) groups is 1. The minimum atomic E-state index is -0.313. The number of benzene rings is 3. The molecule has 0 aromatic heterocycles. The van der Waals surface area contributed by atoms with Crippen LogP contribution in [-0.4, -0.2) is 28.7 Å². The van der Waals surface area contributed by atoms with Crippen LogP contribution in [-0.2, 0) is 13.2 Å². The van der Waals surface area contributed by atoms with Gasteiger partial charge in [-0.05, 0) is 24.3 Å². The quantitative estimate of drug-likeness (QED) is 0.331. The number of carbonyl (C=O) groups excluding carboxylic acids is 1. The molecule has 1 unspecified atom stereocenters. The van der Waals surface area contributed by atoms with Crippen molar-refractivity contribution in [3.8, 4) is 11.5 Å². The zero-order valence-electron chi connectivity index (χ0n) is 18.0. The Hall–Kier alpha value is -2.38. The molecule has 1 N–H and O–H groups in total. The Morgan fingerprint density at radius 3 is 2.00 bits per heavy atom. The second-order valence-corrected chi connectivity index (χ2v) is 9.59. The monoisotopic (exact) mass is 534 g/mol. The summed E-state index contributed by atoms with van der Waals surface area (Å²) in [5, 5.41) is 4.61. The van der Waals surface area contributed by atoms with Gasteiger partial charge in [-0.15, -0.1) is 11.6 Å². The van der Waals surface area contributed by atoms with Crippen molar-refractivity contribution in [1.82, 2.24) is 5.32 Å². The molecule has 0 spiro atoms. The average Bonchev–Trinajstić information content (AvgIpc) is 3.30. The Kier molecular flexibility index (Phi) is 8.62. The summed E-state index contributed by atoms with van der Waals surface area (Å²) in [6.45, 7) is 0.489.